The van der Waals surface area contributed by atoms with Crippen LogP contribution in [0.25, 0.3) is 0 Å². The molecule has 1 rings (SSSR count). The minimum atomic E-state index is 0.533. The predicted octanol–water partition coefficient (Wildman–Crippen LogP) is 2.34. The molecule has 3 nitrogen and oxygen atoms in total. The summed E-state index contributed by atoms with van der Waals surface area (Å²) in [7, 11) is 1.70. The second kappa shape index (κ2) is 6.98. The van der Waals surface area contributed by atoms with Crippen LogP contribution in [-0.2, 0) is 0 Å². The maximum Gasteiger partial charge on any atom is 0.113 e. The van der Waals surface area contributed by atoms with Crippen molar-refractivity contribution >= 4 is 5.71 Å². The minimum absolute atomic E-state index is 0.533. The van der Waals surface area contributed by atoms with Crippen molar-refractivity contribution in [1.82, 2.24) is 4.98 Å². The number of nitrogens with zero attached hydrogens (tertiary/aromatic N) is 3. The summed E-state index contributed by atoms with van der Waals surface area (Å²) in [6.07, 6.45) is 6.35. The molecule has 0 fully saturated rings. The average molecular weight is 223 g/mol. The molecule has 0 atom stereocenters. The van der Waals surface area contributed by atoms with Crippen LogP contribution in [0.5, 0.6) is 0 Å². The third kappa shape index (κ3) is 4.32. The van der Waals surface area contributed by atoms with Gasteiger partial charge in [0.1, 0.15) is 17.5 Å². The van der Waals surface area contributed by atoms with Gasteiger partial charge >= 0.3 is 0 Å². The Hall–Kier alpha value is -2.39. The number of rotatable bonds is 2. The van der Waals surface area contributed by atoms with Crippen molar-refractivity contribution in [1.29, 1.82) is 5.26 Å². The van der Waals surface area contributed by atoms with E-state index in [0.717, 1.165) is 12.1 Å². The number of aliphatic imine (C=N–C) groups is 1. The zero-order valence-corrected chi connectivity index (χ0v) is 9.94. The molecular weight excluding hydrogens is 210 g/mol. The van der Waals surface area contributed by atoms with Gasteiger partial charge in [0, 0.05) is 13.2 Å². The lowest BCUT2D eigenvalue weighted by molar-refractivity contribution is 1.23. The first kappa shape index (κ1) is 12.7. The molecule has 17 heavy (non-hydrogen) atoms. The van der Waals surface area contributed by atoms with Crippen LogP contribution < -0.4 is 0 Å². The lowest BCUT2D eigenvalue weighted by Crippen LogP contribution is -1.89. The molecule has 0 aliphatic carbocycles. The first-order valence-electron chi connectivity index (χ1n) is 5.31. The van der Waals surface area contributed by atoms with Crippen LogP contribution in [-0.4, -0.2) is 17.7 Å². The topological polar surface area (TPSA) is 49.0 Å². The highest BCUT2D eigenvalue weighted by Gasteiger charge is 1.91. The summed E-state index contributed by atoms with van der Waals surface area (Å²) in [5, 5.41) is 8.63. The van der Waals surface area contributed by atoms with Crippen LogP contribution in [0, 0.1) is 23.2 Å². The van der Waals surface area contributed by atoms with Gasteiger partial charge in [-0.2, -0.15) is 5.26 Å². The van der Waals surface area contributed by atoms with E-state index < -0.39 is 0 Å². The predicted molar refractivity (Wildman–Crippen MR) is 68.6 cm³/mol. The van der Waals surface area contributed by atoms with Crippen molar-refractivity contribution in [3.63, 3.8) is 0 Å². The van der Waals surface area contributed by atoms with Gasteiger partial charge in [-0.15, -0.1) is 0 Å². The van der Waals surface area contributed by atoms with Crippen LogP contribution in [0.1, 0.15) is 24.6 Å². The molecule has 0 aliphatic heterocycles. The van der Waals surface area contributed by atoms with E-state index in [1.165, 1.54) is 6.20 Å². The molecular formula is C14H13N3. The molecule has 0 aromatic carbocycles. The molecule has 1 aromatic rings. The van der Waals surface area contributed by atoms with Crippen molar-refractivity contribution in [3.8, 4) is 17.9 Å². The SMILES string of the molecule is CC/C=C\C(C#Cc1ccc(C#N)cn1)=NC. The van der Waals surface area contributed by atoms with E-state index >= 15 is 0 Å². The third-order valence-corrected chi connectivity index (χ3v) is 1.96. The van der Waals surface area contributed by atoms with Crippen LogP contribution >= 0.6 is 0 Å². The molecule has 1 heterocycles. The van der Waals surface area contributed by atoms with Gasteiger partial charge < -0.3 is 0 Å². The lowest BCUT2D eigenvalue weighted by Gasteiger charge is -1.90. The average Bonchev–Trinajstić information content (AvgIpc) is 2.39. The highest BCUT2D eigenvalue weighted by molar-refractivity contribution is 6.08. The Kier molecular flexibility index (Phi) is 5.20. The molecule has 0 aliphatic rings. The van der Waals surface area contributed by atoms with Crippen LogP contribution in [0.3, 0.4) is 0 Å². The van der Waals surface area contributed by atoms with E-state index in [1.54, 1.807) is 19.2 Å². The maximum atomic E-state index is 8.63. The van der Waals surface area contributed by atoms with Crippen molar-refractivity contribution in [2.45, 2.75) is 13.3 Å². The molecule has 0 radical (unpaired) electrons. The van der Waals surface area contributed by atoms with Gasteiger partial charge in [0.25, 0.3) is 0 Å². The molecule has 1 aromatic heterocycles. The monoisotopic (exact) mass is 223 g/mol. The van der Waals surface area contributed by atoms with E-state index in [1.807, 2.05) is 18.2 Å². The molecule has 84 valence electrons. The lowest BCUT2D eigenvalue weighted by atomic mass is 10.2. The Morgan fingerprint density at radius 2 is 2.35 bits per heavy atom. The highest BCUT2D eigenvalue weighted by atomic mass is 14.7. The van der Waals surface area contributed by atoms with E-state index in [0.29, 0.717) is 11.3 Å². The third-order valence-electron chi connectivity index (χ3n) is 1.96. The van der Waals surface area contributed by atoms with Crippen molar-refractivity contribution in [2.75, 3.05) is 7.05 Å². The summed E-state index contributed by atoms with van der Waals surface area (Å²) in [6.45, 7) is 2.05. The van der Waals surface area contributed by atoms with Crippen molar-refractivity contribution < 1.29 is 0 Å². The molecule has 0 saturated heterocycles. The largest absolute Gasteiger partial charge is 0.280 e. The molecule has 0 spiro atoms. The summed E-state index contributed by atoms with van der Waals surface area (Å²) in [5.41, 5.74) is 1.89. The van der Waals surface area contributed by atoms with E-state index in [2.05, 4.69) is 28.7 Å². The molecule has 0 bridgehead atoms. The van der Waals surface area contributed by atoms with Gasteiger partial charge in [-0.3, -0.25) is 4.99 Å². The minimum Gasteiger partial charge on any atom is -0.280 e. The van der Waals surface area contributed by atoms with Crippen molar-refractivity contribution in [2.24, 2.45) is 4.99 Å². The van der Waals surface area contributed by atoms with Crippen LogP contribution in [0.4, 0.5) is 0 Å². The van der Waals surface area contributed by atoms with Gasteiger partial charge in [-0.1, -0.05) is 13.0 Å². The zero-order chi connectivity index (χ0) is 12.5. The molecule has 0 amide bonds. The van der Waals surface area contributed by atoms with Crippen LogP contribution in [0.15, 0.2) is 35.5 Å². The summed E-state index contributed by atoms with van der Waals surface area (Å²) in [5.74, 6) is 5.83. The Morgan fingerprint density at radius 1 is 1.53 bits per heavy atom. The number of aromatic nitrogens is 1. The van der Waals surface area contributed by atoms with Gasteiger partial charge in [-0.05, 0) is 36.5 Å². The Labute approximate surface area is 102 Å². The molecule has 0 unspecified atom stereocenters. The summed E-state index contributed by atoms with van der Waals surface area (Å²) < 4.78 is 0. The first-order valence-corrected chi connectivity index (χ1v) is 5.31. The van der Waals surface area contributed by atoms with Gasteiger partial charge in [-0.25, -0.2) is 4.98 Å². The summed E-state index contributed by atoms with van der Waals surface area (Å²) in [4.78, 5) is 8.11. The van der Waals surface area contributed by atoms with Crippen molar-refractivity contribution in [3.05, 3.63) is 41.7 Å². The molecule has 0 N–H and O–H groups in total. The van der Waals surface area contributed by atoms with E-state index in [4.69, 9.17) is 5.26 Å². The normalized spacial score (nSPS) is 10.8. The fraction of sp³-hybridized carbons (Fsp3) is 0.214. The molecule has 3 heteroatoms. The van der Waals surface area contributed by atoms with Gasteiger partial charge in [0.15, 0.2) is 0 Å². The first-order chi connectivity index (χ1) is 8.30. The second-order valence-electron chi connectivity index (χ2n) is 3.21. The number of nitriles is 1. The quantitative estimate of drug-likeness (QED) is 0.570. The molecule has 0 saturated carbocycles. The Balaban J connectivity index is 2.83. The summed E-state index contributed by atoms with van der Waals surface area (Å²) >= 11 is 0. The van der Waals surface area contributed by atoms with Gasteiger partial charge in [0.05, 0.1) is 5.56 Å². The fourth-order valence-electron chi connectivity index (χ4n) is 1.06. The number of hydrogen-bond acceptors (Lipinski definition) is 3. The van der Waals surface area contributed by atoms with Crippen LogP contribution in [0.2, 0.25) is 0 Å². The second-order valence-corrected chi connectivity index (χ2v) is 3.21. The van der Waals surface area contributed by atoms with E-state index in [9.17, 15) is 0 Å². The number of pyridine rings is 1. The number of allylic oxidation sites excluding steroid dienone is 2. The maximum absolute atomic E-state index is 8.63. The smallest absolute Gasteiger partial charge is 0.113 e. The van der Waals surface area contributed by atoms with E-state index in [-0.39, 0.29) is 0 Å². The number of hydrogen-bond donors (Lipinski definition) is 0. The Bertz CT molecular complexity index is 519. The zero-order valence-electron chi connectivity index (χ0n) is 9.94. The standard InChI is InChI=1S/C14H13N3/c1-3-4-5-13(16-2)8-9-14-7-6-12(10-15)11-17-14/h4-7,11H,3H2,1-2H3/b5-4-,16-13?. The highest BCUT2D eigenvalue weighted by Crippen LogP contribution is 1.97. The summed E-state index contributed by atoms with van der Waals surface area (Å²) in [6, 6.07) is 5.43. The Morgan fingerprint density at radius 3 is 2.88 bits per heavy atom. The fourth-order valence-corrected chi connectivity index (χ4v) is 1.06. The van der Waals surface area contributed by atoms with Gasteiger partial charge in [0.2, 0.25) is 0 Å².